The molecule has 5 nitrogen and oxygen atoms in total. The summed E-state index contributed by atoms with van der Waals surface area (Å²) in [5.74, 6) is 0.832. The van der Waals surface area contributed by atoms with E-state index in [-0.39, 0.29) is 21.5 Å². The summed E-state index contributed by atoms with van der Waals surface area (Å²) in [5, 5.41) is 0. The van der Waals surface area contributed by atoms with Gasteiger partial charge in [-0.2, -0.15) is 4.31 Å². The van der Waals surface area contributed by atoms with E-state index in [9.17, 15) is 8.42 Å². The average Bonchev–Trinajstić information content (AvgIpc) is 2.94. The van der Waals surface area contributed by atoms with Gasteiger partial charge in [0, 0.05) is 19.2 Å². The molecule has 0 aromatic carbocycles. The maximum Gasteiger partial charge on any atom is 0.247 e. The van der Waals surface area contributed by atoms with Gasteiger partial charge in [-0.05, 0) is 33.7 Å². The monoisotopic (exact) mass is 364 g/mol. The third-order valence-corrected chi connectivity index (χ3v) is 6.62. The Hall–Kier alpha value is -0.370. The molecule has 1 fully saturated rings. The summed E-state index contributed by atoms with van der Waals surface area (Å²) in [6.45, 7) is 7.73. The number of furan rings is 1. The van der Waals surface area contributed by atoms with Crippen molar-refractivity contribution in [1.82, 2.24) is 4.31 Å². The first-order valence-corrected chi connectivity index (χ1v) is 8.88. The number of hydrogen-bond donors (Lipinski definition) is 1. The van der Waals surface area contributed by atoms with Gasteiger partial charge in [-0.25, -0.2) is 8.42 Å². The lowest BCUT2D eigenvalue weighted by molar-refractivity contribution is 0.252. The predicted octanol–water partition coefficient (Wildman–Crippen LogP) is 2.56. The van der Waals surface area contributed by atoms with Crippen LogP contribution in [-0.2, 0) is 16.6 Å². The Kier molecular flexibility index (Phi) is 4.35. The van der Waals surface area contributed by atoms with E-state index in [2.05, 4.69) is 36.7 Å². The highest BCUT2D eigenvalue weighted by molar-refractivity contribution is 9.10. The van der Waals surface area contributed by atoms with Crippen LogP contribution in [0.1, 0.15) is 33.0 Å². The van der Waals surface area contributed by atoms with Gasteiger partial charge in [0.05, 0.1) is 6.54 Å². The molecular weight excluding hydrogens is 344 g/mol. The lowest BCUT2D eigenvalue weighted by Gasteiger charge is -2.26. The highest BCUT2D eigenvalue weighted by Gasteiger charge is 2.39. The van der Waals surface area contributed by atoms with E-state index in [1.807, 2.05) is 0 Å². The van der Waals surface area contributed by atoms with Crippen LogP contribution in [0.2, 0.25) is 0 Å². The molecule has 0 saturated carbocycles. The van der Waals surface area contributed by atoms with Gasteiger partial charge in [0.25, 0.3) is 0 Å². The minimum absolute atomic E-state index is 0.111. The normalized spacial score (nSPS) is 21.6. The summed E-state index contributed by atoms with van der Waals surface area (Å²) in [5.41, 5.74) is 5.60. The van der Waals surface area contributed by atoms with Crippen molar-refractivity contribution in [3.05, 3.63) is 16.5 Å². The van der Waals surface area contributed by atoms with Crippen LogP contribution in [-0.4, -0.2) is 25.8 Å². The van der Waals surface area contributed by atoms with E-state index in [0.717, 1.165) is 6.42 Å². The van der Waals surface area contributed by atoms with Crippen molar-refractivity contribution in [1.29, 1.82) is 0 Å². The molecule has 0 spiro atoms. The second kappa shape index (κ2) is 5.44. The Morgan fingerprint density at radius 1 is 1.50 bits per heavy atom. The molecule has 0 bridgehead atoms. The standard InChI is InChI=1S/C13H21BrN2O3S/c1-13(2,3)9-4-5-16(8-9)20(17,18)11-6-10(7-15)19-12(11)14/h6,9H,4-5,7-8,15H2,1-3H3. The Morgan fingerprint density at radius 2 is 2.15 bits per heavy atom. The molecule has 1 aliphatic heterocycles. The van der Waals surface area contributed by atoms with Crippen molar-refractivity contribution in [2.75, 3.05) is 13.1 Å². The van der Waals surface area contributed by atoms with E-state index in [1.165, 1.54) is 6.07 Å². The molecule has 1 unspecified atom stereocenters. The second-order valence-electron chi connectivity index (χ2n) is 6.27. The van der Waals surface area contributed by atoms with Crippen molar-refractivity contribution in [2.45, 2.75) is 38.6 Å². The molecule has 1 aromatic rings. The first-order valence-electron chi connectivity index (χ1n) is 6.64. The first kappa shape index (κ1) is 16.0. The fourth-order valence-electron chi connectivity index (χ4n) is 2.47. The highest BCUT2D eigenvalue weighted by Crippen LogP contribution is 2.37. The molecule has 2 N–H and O–H groups in total. The van der Waals surface area contributed by atoms with Gasteiger partial charge in [-0.15, -0.1) is 0 Å². The van der Waals surface area contributed by atoms with Crippen LogP contribution in [0.4, 0.5) is 0 Å². The quantitative estimate of drug-likeness (QED) is 0.893. The largest absolute Gasteiger partial charge is 0.452 e. The van der Waals surface area contributed by atoms with E-state index in [1.54, 1.807) is 4.31 Å². The minimum atomic E-state index is -3.51. The summed E-state index contributed by atoms with van der Waals surface area (Å²) in [6, 6.07) is 1.50. The predicted molar refractivity (Wildman–Crippen MR) is 80.6 cm³/mol. The van der Waals surface area contributed by atoms with Gasteiger partial charge < -0.3 is 10.2 Å². The second-order valence-corrected chi connectivity index (χ2v) is 8.90. The van der Waals surface area contributed by atoms with Crippen molar-refractivity contribution in [2.24, 2.45) is 17.1 Å². The highest BCUT2D eigenvalue weighted by atomic mass is 79.9. The van der Waals surface area contributed by atoms with Crippen LogP contribution in [0, 0.1) is 11.3 Å². The van der Waals surface area contributed by atoms with Crippen molar-refractivity contribution < 1.29 is 12.8 Å². The van der Waals surface area contributed by atoms with Crippen LogP contribution >= 0.6 is 15.9 Å². The van der Waals surface area contributed by atoms with Crippen LogP contribution < -0.4 is 5.73 Å². The Balaban J connectivity index is 2.26. The number of sulfonamides is 1. The Bertz CT molecular complexity index is 589. The summed E-state index contributed by atoms with van der Waals surface area (Å²) in [4.78, 5) is 0.174. The molecule has 7 heteroatoms. The molecule has 0 amide bonds. The number of rotatable bonds is 3. The van der Waals surface area contributed by atoms with Gasteiger partial charge >= 0.3 is 0 Å². The molecule has 0 aliphatic carbocycles. The molecule has 2 rings (SSSR count). The summed E-state index contributed by atoms with van der Waals surface area (Å²) in [6.07, 6.45) is 0.891. The number of nitrogens with zero attached hydrogens (tertiary/aromatic N) is 1. The lowest BCUT2D eigenvalue weighted by atomic mass is 9.80. The third-order valence-electron chi connectivity index (χ3n) is 3.90. The van der Waals surface area contributed by atoms with E-state index in [4.69, 9.17) is 10.2 Å². The molecule has 1 aliphatic rings. The zero-order chi connectivity index (χ0) is 15.1. The summed E-state index contributed by atoms with van der Waals surface area (Å²) in [7, 11) is -3.51. The molecule has 114 valence electrons. The molecule has 1 atom stereocenters. The van der Waals surface area contributed by atoms with Gasteiger partial charge in [-0.1, -0.05) is 20.8 Å². The third kappa shape index (κ3) is 2.95. The molecule has 2 heterocycles. The summed E-state index contributed by atoms with van der Waals surface area (Å²) >= 11 is 3.17. The van der Waals surface area contributed by atoms with E-state index >= 15 is 0 Å². The Morgan fingerprint density at radius 3 is 2.60 bits per heavy atom. The molecule has 0 radical (unpaired) electrons. The van der Waals surface area contributed by atoms with Crippen LogP contribution in [0.3, 0.4) is 0 Å². The molecule has 20 heavy (non-hydrogen) atoms. The average molecular weight is 365 g/mol. The SMILES string of the molecule is CC(C)(C)C1CCN(S(=O)(=O)c2cc(CN)oc2Br)C1. The zero-order valence-electron chi connectivity index (χ0n) is 12.0. The van der Waals surface area contributed by atoms with E-state index < -0.39 is 10.0 Å². The van der Waals surface area contributed by atoms with Gasteiger partial charge in [0.1, 0.15) is 10.7 Å². The van der Waals surface area contributed by atoms with Crippen LogP contribution in [0.5, 0.6) is 0 Å². The van der Waals surface area contributed by atoms with Gasteiger partial charge in [0.2, 0.25) is 10.0 Å². The maximum absolute atomic E-state index is 12.7. The minimum Gasteiger partial charge on any atom is -0.452 e. The smallest absolute Gasteiger partial charge is 0.247 e. The zero-order valence-corrected chi connectivity index (χ0v) is 14.4. The molecular formula is C13H21BrN2O3S. The van der Waals surface area contributed by atoms with Crippen LogP contribution in [0.15, 0.2) is 20.0 Å². The number of hydrogen-bond acceptors (Lipinski definition) is 4. The molecule has 1 saturated heterocycles. The van der Waals surface area contributed by atoms with Crippen molar-refractivity contribution in [3.63, 3.8) is 0 Å². The van der Waals surface area contributed by atoms with Crippen molar-refractivity contribution in [3.8, 4) is 0 Å². The maximum atomic E-state index is 12.7. The van der Waals surface area contributed by atoms with Crippen molar-refractivity contribution >= 4 is 26.0 Å². The number of nitrogens with two attached hydrogens (primary N) is 1. The summed E-state index contributed by atoms with van der Waals surface area (Å²) < 4.78 is 32.4. The van der Waals surface area contributed by atoms with Crippen LogP contribution in [0.25, 0.3) is 0 Å². The fraction of sp³-hybridized carbons (Fsp3) is 0.692. The first-order chi connectivity index (χ1) is 9.16. The Labute approximate surface area is 128 Å². The topological polar surface area (TPSA) is 76.5 Å². The lowest BCUT2D eigenvalue weighted by Crippen LogP contribution is -2.31. The van der Waals surface area contributed by atoms with E-state index in [0.29, 0.717) is 24.8 Å². The molecule has 1 aromatic heterocycles. The van der Waals surface area contributed by atoms with Gasteiger partial charge in [-0.3, -0.25) is 0 Å². The van der Waals surface area contributed by atoms with Gasteiger partial charge in [0.15, 0.2) is 4.67 Å². The number of halogens is 1. The fourth-order valence-corrected chi connectivity index (χ4v) is 4.93.